The normalized spacial score (nSPS) is 21.2. The molecule has 21 heavy (non-hydrogen) atoms. The number of benzene rings is 1. The molecule has 0 aliphatic carbocycles. The monoisotopic (exact) mass is 288 g/mol. The van der Waals surface area contributed by atoms with Gasteiger partial charge in [-0.1, -0.05) is 12.1 Å². The molecule has 0 spiro atoms. The highest BCUT2D eigenvalue weighted by Crippen LogP contribution is 2.25. The highest BCUT2D eigenvalue weighted by Gasteiger charge is 2.16. The van der Waals surface area contributed by atoms with Gasteiger partial charge in [-0.3, -0.25) is 4.79 Å². The van der Waals surface area contributed by atoms with Gasteiger partial charge in [-0.15, -0.1) is 0 Å². The van der Waals surface area contributed by atoms with Crippen molar-refractivity contribution in [1.82, 2.24) is 10.6 Å². The van der Waals surface area contributed by atoms with E-state index < -0.39 is 0 Å². The maximum absolute atomic E-state index is 12.0. The van der Waals surface area contributed by atoms with E-state index in [2.05, 4.69) is 16.7 Å². The van der Waals surface area contributed by atoms with Crippen molar-refractivity contribution < 1.29 is 9.53 Å². The number of nitrogens with one attached hydrogen (secondary N) is 2. The maximum atomic E-state index is 12.0. The predicted molar refractivity (Wildman–Crippen MR) is 82.3 cm³/mol. The summed E-state index contributed by atoms with van der Waals surface area (Å²) in [5, 5.41) is 6.40. The van der Waals surface area contributed by atoms with Crippen LogP contribution >= 0.6 is 0 Å². The molecule has 1 unspecified atom stereocenters. The second kappa shape index (κ2) is 6.94. The summed E-state index contributed by atoms with van der Waals surface area (Å²) < 4.78 is 5.61. The number of hydrogen-bond acceptors (Lipinski definition) is 3. The summed E-state index contributed by atoms with van der Waals surface area (Å²) in [7, 11) is 0. The van der Waals surface area contributed by atoms with Crippen molar-refractivity contribution in [3.05, 3.63) is 29.3 Å². The number of rotatable bonds is 4. The lowest BCUT2D eigenvalue weighted by Crippen LogP contribution is -2.34. The van der Waals surface area contributed by atoms with Gasteiger partial charge in [0.25, 0.3) is 0 Å². The fourth-order valence-electron chi connectivity index (χ4n) is 3.16. The summed E-state index contributed by atoms with van der Waals surface area (Å²) in [4.78, 5) is 12.0. The Labute approximate surface area is 126 Å². The Hall–Kier alpha value is -1.55. The standard InChI is InChI=1S/C17H24N2O2/c20-17(10-13-3-1-7-18-11-13)19-12-14-5-6-16-15(9-14)4-2-8-21-16/h5-6,9,13,18H,1-4,7-8,10-12H2,(H,19,20). The molecule has 0 aromatic heterocycles. The lowest BCUT2D eigenvalue weighted by atomic mass is 9.96. The predicted octanol–water partition coefficient (Wildman–Crippen LogP) is 2.02. The zero-order chi connectivity index (χ0) is 14.5. The summed E-state index contributed by atoms with van der Waals surface area (Å²) in [6.45, 7) is 3.50. The molecule has 2 N–H and O–H groups in total. The van der Waals surface area contributed by atoms with Gasteiger partial charge in [-0.2, -0.15) is 0 Å². The number of carbonyl (C=O) groups is 1. The second-order valence-corrected chi connectivity index (χ2v) is 6.09. The van der Waals surface area contributed by atoms with Gasteiger partial charge in [0.2, 0.25) is 5.91 Å². The number of carbonyl (C=O) groups excluding carboxylic acids is 1. The molecule has 3 rings (SSSR count). The van der Waals surface area contributed by atoms with E-state index in [1.165, 1.54) is 12.0 Å². The Morgan fingerprint density at radius 3 is 3.19 bits per heavy atom. The van der Waals surface area contributed by atoms with E-state index >= 15 is 0 Å². The topological polar surface area (TPSA) is 50.4 Å². The third-order valence-electron chi connectivity index (χ3n) is 4.34. The molecule has 1 aromatic rings. The van der Waals surface area contributed by atoms with Crippen LogP contribution in [0.15, 0.2) is 18.2 Å². The fourth-order valence-corrected chi connectivity index (χ4v) is 3.16. The fraction of sp³-hybridized carbons (Fsp3) is 0.588. The summed E-state index contributed by atoms with van der Waals surface area (Å²) in [5.74, 6) is 1.66. The Morgan fingerprint density at radius 2 is 2.33 bits per heavy atom. The number of piperidine rings is 1. The van der Waals surface area contributed by atoms with Gasteiger partial charge in [-0.25, -0.2) is 0 Å². The minimum absolute atomic E-state index is 0.165. The molecule has 0 bridgehead atoms. The first-order valence-electron chi connectivity index (χ1n) is 8.03. The third-order valence-corrected chi connectivity index (χ3v) is 4.34. The first-order valence-corrected chi connectivity index (χ1v) is 8.03. The van der Waals surface area contributed by atoms with Crippen LogP contribution in [0.25, 0.3) is 0 Å². The number of fused-ring (bicyclic) bond motifs is 1. The highest BCUT2D eigenvalue weighted by molar-refractivity contribution is 5.76. The van der Waals surface area contributed by atoms with E-state index in [1.807, 2.05) is 12.1 Å². The van der Waals surface area contributed by atoms with Gasteiger partial charge >= 0.3 is 0 Å². The van der Waals surface area contributed by atoms with Crippen molar-refractivity contribution in [1.29, 1.82) is 0 Å². The van der Waals surface area contributed by atoms with Crippen molar-refractivity contribution in [3.63, 3.8) is 0 Å². The molecule has 114 valence electrons. The number of amides is 1. The molecule has 0 radical (unpaired) electrons. The Bertz CT molecular complexity index is 496. The Morgan fingerprint density at radius 1 is 1.38 bits per heavy atom. The van der Waals surface area contributed by atoms with E-state index in [4.69, 9.17) is 4.74 Å². The van der Waals surface area contributed by atoms with Crippen LogP contribution in [0.1, 0.15) is 36.8 Å². The molecular weight excluding hydrogens is 264 g/mol. The Kier molecular flexibility index (Phi) is 4.76. The van der Waals surface area contributed by atoms with E-state index in [9.17, 15) is 4.79 Å². The molecule has 1 saturated heterocycles. The van der Waals surface area contributed by atoms with Gasteiger partial charge < -0.3 is 15.4 Å². The molecule has 1 amide bonds. The smallest absolute Gasteiger partial charge is 0.220 e. The highest BCUT2D eigenvalue weighted by atomic mass is 16.5. The quantitative estimate of drug-likeness (QED) is 0.891. The van der Waals surface area contributed by atoms with E-state index in [0.29, 0.717) is 18.9 Å². The summed E-state index contributed by atoms with van der Waals surface area (Å²) in [6, 6.07) is 6.24. The molecule has 1 aromatic carbocycles. The first kappa shape index (κ1) is 14.4. The van der Waals surface area contributed by atoms with Crippen molar-refractivity contribution >= 4 is 5.91 Å². The van der Waals surface area contributed by atoms with Crippen LogP contribution in [0.5, 0.6) is 5.75 Å². The zero-order valence-corrected chi connectivity index (χ0v) is 12.5. The molecule has 2 aliphatic heterocycles. The molecule has 1 atom stereocenters. The summed E-state index contributed by atoms with van der Waals surface area (Å²) in [5.41, 5.74) is 2.43. The Balaban J connectivity index is 1.49. The average molecular weight is 288 g/mol. The van der Waals surface area contributed by atoms with Gasteiger partial charge in [-0.05, 0) is 61.9 Å². The molecule has 4 nitrogen and oxygen atoms in total. The lowest BCUT2D eigenvalue weighted by Gasteiger charge is -2.22. The maximum Gasteiger partial charge on any atom is 0.220 e. The van der Waals surface area contributed by atoms with Crippen molar-refractivity contribution in [2.75, 3.05) is 19.7 Å². The molecule has 2 heterocycles. The lowest BCUT2D eigenvalue weighted by molar-refractivity contribution is -0.122. The minimum atomic E-state index is 0.165. The van der Waals surface area contributed by atoms with E-state index in [0.717, 1.165) is 50.3 Å². The van der Waals surface area contributed by atoms with Crippen LogP contribution in [-0.2, 0) is 17.8 Å². The van der Waals surface area contributed by atoms with E-state index in [1.54, 1.807) is 0 Å². The van der Waals surface area contributed by atoms with Crippen LogP contribution in [-0.4, -0.2) is 25.6 Å². The number of aryl methyl sites for hydroxylation is 1. The minimum Gasteiger partial charge on any atom is -0.493 e. The van der Waals surface area contributed by atoms with Crippen molar-refractivity contribution in [2.24, 2.45) is 5.92 Å². The van der Waals surface area contributed by atoms with Crippen molar-refractivity contribution in [2.45, 2.75) is 38.6 Å². The first-order chi connectivity index (χ1) is 10.3. The van der Waals surface area contributed by atoms with Crippen LogP contribution in [0.3, 0.4) is 0 Å². The van der Waals surface area contributed by atoms with Gasteiger partial charge in [0, 0.05) is 13.0 Å². The number of ether oxygens (including phenoxy) is 1. The molecular formula is C17H24N2O2. The molecule has 1 fully saturated rings. The van der Waals surface area contributed by atoms with Crippen LogP contribution in [0.2, 0.25) is 0 Å². The van der Waals surface area contributed by atoms with Gasteiger partial charge in [0.15, 0.2) is 0 Å². The van der Waals surface area contributed by atoms with Gasteiger partial charge in [0.05, 0.1) is 6.61 Å². The average Bonchev–Trinajstić information content (AvgIpc) is 2.54. The van der Waals surface area contributed by atoms with Crippen molar-refractivity contribution in [3.8, 4) is 5.75 Å². The van der Waals surface area contributed by atoms with Gasteiger partial charge in [0.1, 0.15) is 5.75 Å². The largest absolute Gasteiger partial charge is 0.493 e. The van der Waals surface area contributed by atoms with E-state index in [-0.39, 0.29) is 5.91 Å². The molecule has 0 saturated carbocycles. The molecule has 4 heteroatoms. The van der Waals surface area contributed by atoms with Crippen LogP contribution in [0, 0.1) is 5.92 Å². The van der Waals surface area contributed by atoms with Crippen LogP contribution in [0.4, 0.5) is 0 Å². The molecule has 2 aliphatic rings. The third kappa shape index (κ3) is 3.97. The van der Waals surface area contributed by atoms with Crippen LogP contribution < -0.4 is 15.4 Å². The summed E-state index contributed by atoms with van der Waals surface area (Å²) in [6.07, 6.45) is 5.14. The second-order valence-electron chi connectivity index (χ2n) is 6.09. The zero-order valence-electron chi connectivity index (χ0n) is 12.5. The number of hydrogen-bond donors (Lipinski definition) is 2. The summed E-state index contributed by atoms with van der Waals surface area (Å²) >= 11 is 0. The SMILES string of the molecule is O=C(CC1CCCNC1)NCc1ccc2c(c1)CCCO2.